The van der Waals surface area contributed by atoms with E-state index in [2.05, 4.69) is 20.9 Å². The predicted molar refractivity (Wildman–Crippen MR) is 116 cm³/mol. The summed E-state index contributed by atoms with van der Waals surface area (Å²) in [6.45, 7) is 1.82. The van der Waals surface area contributed by atoms with Gasteiger partial charge in [-0.05, 0) is 30.2 Å². The maximum Gasteiger partial charge on any atom is 0.280 e. The van der Waals surface area contributed by atoms with E-state index in [1.54, 1.807) is 18.2 Å². The highest BCUT2D eigenvalue weighted by Crippen LogP contribution is 2.29. The van der Waals surface area contributed by atoms with E-state index in [1.165, 1.54) is 18.9 Å². The van der Waals surface area contributed by atoms with E-state index in [0.29, 0.717) is 17.2 Å². The quantitative estimate of drug-likeness (QED) is 0.505. The van der Waals surface area contributed by atoms with Crippen molar-refractivity contribution in [1.29, 1.82) is 0 Å². The van der Waals surface area contributed by atoms with Crippen molar-refractivity contribution in [3.8, 4) is 11.5 Å². The van der Waals surface area contributed by atoms with Crippen LogP contribution >= 0.6 is 0 Å². The van der Waals surface area contributed by atoms with Crippen LogP contribution in [0, 0.1) is 0 Å². The molecule has 0 aliphatic heterocycles. The Morgan fingerprint density at radius 3 is 2.55 bits per heavy atom. The molecule has 0 atom stereocenters. The summed E-state index contributed by atoms with van der Waals surface area (Å²) >= 11 is 0. The van der Waals surface area contributed by atoms with Crippen LogP contribution in [0.15, 0.2) is 42.5 Å². The van der Waals surface area contributed by atoms with E-state index in [1.807, 2.05) is 31.2 Å². The zero-order chi connectivity index (χ0) is 22.4. The van der Waals surface area contributed by atoms with Gasteiger partial charge in [0.05, 0.1) is 19.9 Å². The molecule has 2 aromatic carbocycles. The third kappa shape index (κ3) is 4.92. The van der Waals surface area contributed by atoms with Gasteiger partial charge in [-0.1, -0.05) is 30.3 Å². The number of methoxy groups -OCH3 is 2. The largest absolute Gasteiger partial charge is 0.497 e. The van der Waals surface area contributed by atoms with Gasteiger partial charge in [-0.25, -0.2) is 4.68 Å². The first-order valence-electron chi connectivity index (χ1n) is 9.56. The second-order valence-corrected chi connectivity index (χ2v) is 6.56. The number of nitrogen functional groups attached to an aromatic ring is 1. The number of nitrogens with two attached hydrogens (primary N) is 1. The van der Waals surface area contributed by atoms with Gasteiger partial charge in [0.25, 0.3) is 5.91 Å². The highest BCUT2D eigenvalue weighted by atomic mass is 16.5. The summed E-state index contributed by atoms with van der Waals surface area (Å²) < 4.78 is 11.6. The predicted octanol–water partition coefficient (Wildman–Crippen LogP) is 2.33. The van der Waals surface area contributed by atoms with E-state index in [0.717, 1.165) is 17.7 Å². The lowest BCUT2D eigenvalue weighted by Gasteiger charge is -2.11. The van der Waals surface area contributed by atoms with Gasteiger partial charge in [0.1, 0.15) is 18.0 Å². The smallest absolute Gasteiger partial charge is 0.280 e. The maximum atomic E-state index is 12.6. The molecule has 1 aromatic heterocycles. The second kappa shape index (κ2) is 9.61. The van der Waals surface area contributed by atoms with Crippen LogP contribution in [0.25, 0.3) is 0 Å². The molecule has 0 bridgehead atoms. The Hall–Kier alpha value is -4.08. The fourth-order valence-electron chi connectivity index (χ4n) is 2.96. The number of hydrogen-bond donors (Lipinski definition) is 3. The van der Waals surface area contributed by atoms with Gasteiger partial charge in [0, 0.05) is 11.8 Å². The molecular formula is C21H24N6O4. The molecule has 31 heavy (non-hydrogen) atoms. The minimum Gasteiger partial charge on any atom is -0.497 e. The number of nitrogens with one attached hydrogen (secondary N) is 2. The van der Waals surface area contributed by atoms with E-state index in [9.17, 15) is 9.59 Å². The first-order valence-corrected chi connectivity index (χ1v) is 9.56. The number of aromatic nitrogens is 3. The third-order valence-corrected chi connectivity index (χ3v) is 4.61. The molecule has 1 heterocycles. The molecule has 10 nitrogen and oxygen atoms in total. The first-order chi connectivity index (χ1) is 15.0. The molecule has 0 aliphatic carbocycles. The number of anilines is 3. The number of amides is 2. The van der Waals surface area contributed by atoms with Gasteiger partial charge in [0.2, 0.25) is 5.91 Å². The van der Waals surface area contributed by atoms with Crippen molar-refractivity contribution >= 4 is 29.0 Å². The van der Waals surface area contributed by atoms with Crippen LogP contribution in [-0.4, -0.2) is 41.0 Å². The summed E-state index contributed by atoms with van der Waals surface area (Å²) in [6.07, 6.45) is 0.779. The van der Waals surface area contributed by atoms with Crippen molar-refractivity contribution < 1.29 is 19.1 Å². The number of hydrogen-bond acceptors (Lipinski definition) is 7. The van der Waals surface area contributed by atoms with Crippen molar-refractivity contribution in [2.24, 2.45) is 0 Å². The van der Waals surface area contributed by atoms with Crippen LogP contribution in [0.4, 0.5) is 17.2 Å². The number of benzene rings is 2. The summed E-state index contributed by atoms with van der Waals surface area (Å²) in [4.78, 5) is 25.1. The summed E-state index contributed by atoms with van der Waals surface area (Å²) in [5.41, 5.74) is 8.06. The lowest BCUT2D eigenvalue weighted by molar-refractivity contribution is -0.116. The van der Waals surface area contributed by atoms with Crippen molar-refractivity contribution in [3.63, 3.8) is 0 Å². The van der Waals surface area contributed by atoms with Crippen molar-refractivity contribution in [2.75, 3.05) is 30.6 Å². The zero-order valence-corrected chi connectivity index (χ0v) is 17.5. The van der Waals surface area contributed by atoms with Crippen molar-refractivity contribution in [3.05, 3.63) is 53.7 Å². The lowest BCUT2D eigenvalue weighted by atomic mass is 10.1. The van der Waals surface area contributed by atoms with E-state index in [-0.39, 0.29) is 24.0 Å². The normalized spacial score (nSPS) is 10.4. The first kappa shape index (κ1) is 21.6. The number of ether oxygens (including phenoxy) is 2. The number of rotatable bonds is 8. The highest BCUT2D eigenvalue weighted by molar-refractivity contribution is 6.06. The van der Waals surface area contributed by atoms with Gasteiger partial charge in [-0.2, -0.15) is 0 Å². The summed E-state index contributed by atoms with van der Waals surface area (Å²) in [7, 11) is 3.01. The lowest BCUT2D eigenvalue weighted by Crippen LogP contribution is -2.22. The van der Waals surface area contributed by atoms with Crippen LogP contribution < -0.4 is 25.8 Å². The molecule has 0 radical (unpaired) electrons. The minimum absolute atomic E-state index is 0.0242. The Morgan fingerprint density at radius 1 is 1.06 bits per heavy atom. The molecule has 4 N–H and O–H groups in total. The van der Waals surface area contributed by atoms with Crippen molar-refractivity contribution in [2.45, 2.75) is 19.9 Å². The molecule has 162 valence electrons. The third-order valence-electron chi connectivity index (χ3n) is 4.61. The Bertz CT molecular complexity index is 1100. The molecule has 0 aliphatic rings. The molecule has 3 aromatic rings. The molecule has 0 spiro atoms. The number of para-hydroxylation sites is 1. The van der Waals surface area contributed by atoms with E-state index < -0.39 is 5.91 Å². The molecule has 2 amide bonds. The Kier molecular flexibility index (Phi) is 6.71. The van der Waals surface area contributed by atoms with Gasteiger partial charge in [-0.15, -0.1) is 5.10 Å². The molecule has 3 rings (SSSR count). The number of aryl methyl sites for hydroxylation is 1. The monoisotopic (exact) mass is 424 g/mol. The van der Waals surface area contributed by atoms with E-state index in [4.69, 9.17) is 15.2 Å². The van der Waals surface area contributed by atoms with Crippen LogP contribution in [0.1, 0.15) is 23.0 Å². The maximum absolute atomic E-state index is 12.6. The SMILES string of the molecule is CCc1ccccc1NC(=O)Cn1nnc(C(=O)Nc2ccc(OC)cc2OC)c1N. The average molecular weight is 424 g/mol. The standard InChI is InChI=1S/C21H24N6O4/c1-4-13-7-5-6-8-15(13)23-18(28)12-27-20(22)19(25-26-27)21(29)24-16-10-9-14(30-2)11-17(16)31-3/h5-11H,4,12,22H2,1-3H3,(H,23,28)(H,24,29). The van der Waals surface area contributed by atoms with Gasteiger partial charge in [-0.3, -0.25) is 9.59 Å². The van der Waals surface area contributed by atoms with Gasteiger partial charge < -0.3 is 25.8 Å². The minimum atomic E-state index is -0.580. The molecule has 0 unspecified atom stereocenters. The summed E-state index contributed by atoms with van der Waals surface area (Å²) in [5, 5.41) is 13.2. The molecule has 0 fully saturated rings. The molecule has 0 saturated heterocycles. The Balaban J connectivity index is 1.71. The molecule has 10 heteroatoms. The number of carbonyl (C=O) groups is 2. The topological polar surface area (TPSA) is 133 Å². The van der Waals surface area contributed by atoms with E-state index >= 15 is 0 Å². The van der Waals surface area contributed by atoms with Gasteiger partial charge >= 0.3 is 0 Å². The van der Waals surface area contributed by atoms with Crippen LogP contribution in [0.5, 0.6) is 11.5 Å². The fraction of sp³-hybridized carbons (Fsp3) is 0.238. The summed E-state index contributed by atoms with van der Waals surface area (Å²) in [6, 6.07) is 12.5. The van der Waals surface area contributed by atoms with Crippen LogP contribution in [0.3, 0.4) is 0 Å². The van der Waals surface area contributed by atoms with Crippen LogP contribution in [0.2, 0.25) is 0 Å². The Labute approximate surface area is 179 Å². The molecule has 0 saturated carbocycles. The number of carbonyl (C=O) groups excluding carboxylic acids is 2. The van der Waals surface area contributed by atoms with Crippen molar-refractivity contribution in [1.82, 2.24) is 15.0 Å². The summed E-state index contributed by atoms with van der Waals surface area (Å²) in [5.74, 6) is 0.0535. The molecular weight excluding hydrogens is 400 g/mol. The van der Waals surface area contributed by atoms with Crippen LogP contribution in [-0.2, 0) is 17.8 Å². The fourth-order valence-corrected chi connectivity index (χ4v) is 2.96. The average Bonchev–Trinajstić information content (AvgIpc) is 3.14. The highest BCUT2D eigenvalue weighted by Gasteiger charge is 2.20. The zero-order valence-electron chi connectivity index (χ0n) is 17.5. The van der Waals surface area contributed by atoms with Gasteiger partial charge in [0.15, 0.2) is 11.5 Å². The number of nitrogens with zero attached hydrogens (tertiary/aromatic N) is 3. The second-order valence-electron chi connectivity index (χ2n) is 6.56. The Morgan fingerprint density at radius 2 is 1.84 bits per heavy atom.